The first-order chi connectivity index (χ1) is 47.6. The maximum absolute atomic E-state index is 13.1. The van der Waals surface area contributed by atoms with E-state index in [1.165, 1.54) is 205 Å². The fraction of sp³-hybridized carbons (Fsp3) is 0.950. The largest absolute Gasteiger partial charge is 0.472 e. The summed E-state index contributed by atoms with van der Waals surface area (Å²) in [5, 5.41) is 10.6. The van der Waals surface area contributed by atoms with Crippen molar-refractivity contribution in [1.82, 2.24) is 0 Å². The average Bonchev–Trinajstić information content (AvgIpc) is 1.05. The first-order valence-corrected chi connectivity index (χ1v) is 44.2. The smallest absolute Gasteiger partial charge is 0.462 e. The van der Waals surface area contributed by atoms with Crippen molar-refractivity contribution < 1.29 is 80.2 Å². The zero-order chi connectivity index (χ0) is 73.1. The van der Waals surface area contributed by atoms with Crippen LogP contribution in [0, 0.1) is 23.7 Å². The SMILES string of the molecule is CCC(C)CCCCCCCCCCC(=O)O[C@H](COC(=O)CCCCCCCCC(C)C)COP(=O)(O)OC[C@H](O)COP(=O)(O)OC[C@@H](COC(=O)CCCCCCCCCCCCCCCCC(C)C)OC(=O)CCCCCCCCCCCCCCCCCCCCC(C)C. The lowest BCUT2D eigenvalue weighted by Gasteiger charge is -2.21. The van der Waals surface area contributed by atoms with E-state index >= 15 is 0 Å². The molecule has 99 heavy (non-hydrogen) atoms. The number of aliphatic hydroxyl groups excluding tert-OH is 1. The minimum Gasteiger partial charge on any atom is -0.462 e. The Bertz CT molecular complexity index is 1940. The van der Waals surface area contributed by atoms with Gasteiger partial charge in [0, 0.05) is 25.7 Å². The van der Waals surface area contributed by atoms with Gasteiger partial charge >= 0.3 is 39.5 Å². The van der Waals surface area contributed by atoms with Gasteiger partial charge in [0.2, 0.25) is 0 Å². The lowest BCUT2D eigenvalue weighted by molar-refractivity contribution is -0.161. The van der Waals surface area contributed by atoms with Crippen molar-refractivity contribution in [3.8, 4) is 0 Å². The second kappa shape index (κ2) is 69.1. The van der Waals surface area contributed by atoms with E-state index in [0.29, 0.717) is 31.6 Å². The van der Waals surface area contributed by atoms with Gasteiger partial charge in [-0.05, 0) is 49.4 Å². The predicted molar refractivity (Wildman–Crippen MR) is 404 cm³/mol. The number of carbonyl (C=O) groups is 4. The van der Waals surface area contributed by atoms with E-state index in [2.05, 4.69) is 55.4 Å². The van der Waals surface area contributed by atoms with E-state index in [1.54, 1.807) is 0 Å². The van der Waals surface area contributed by atoms with E-state index in [4.69, 9.17) is 37.0 Å². The molecular formula is C80H156O17P2. The van der Waals surface area contributed by atoms with Crippen molar-refractivity contribution in [2.45, 2.75) is 427 Å². The summed E-state index contributed by atoms with van der Waals surface area (Å²) in [4.78, 5) is 72.9. The van der Waals surface area contributed by atoms with E-state index in [0.717, 1.165) is 114 Å². The number of phosphoric ester groups is 2. The Morgan fingerprint density at radius 2 is 0.485 bits per heavy atom. The molecule has 0 rings (SSSR count). The summed E-state index contributed by atoms with van der Waals surface area (Å²) in [5.74, 6) is 0.949. The topological polar surface area (TPSA) is 237 Å². The van der Waals surface area contributed by atoms with Gasteiger partial charge in [-0.3, -0.25) is 37.3 Å². The van der Waals surface area contributed by atoms with Gasteiger partial charge in [-0.1, -0.05) is 357 Å². The lowest BCUT2D eigenvalue weighted by Crippen LogP contribution is -2.30. The number of aliphatic hydroxyl groups is 1. The molecule has 0 aliphatic carbocycles. The highest BCUT2D eigenvalue weighted by Gasteiger charge is 2.30. The minimum atomic E-state index is -4.96. The Hall–Kier alpha value is -1.94. The highest BCUT2D eigenvalue weighted by Crippen LogP contribution is 2.45. The maximum atomic E-state index is 13.1. The normalized spacial score (nSPS) is 14.3. The highest BCUT2D eigenvalue weighted by molar-refractivity contribution is 7.47. The van der Waals surface area contributed by atoms with Gasteiger partial charge in [0.1, 0.15) is 19.3 Å². The van der Waals surface area contributed by atoms with E-state index < -0.39 is 97.5 Å². The predicted octanol–water partition coefficient (Wildman–Crippen LogP) is 23.6. The van der Waals surface area contributed by atoms with Gasteiger partial charge in [0.25, 0.3) is 0 Å². The second-order valence-electron chi connectivity index (χ2n) is 30.5. The van der Waals surface area contributed by atoms with Crippen molar-refractivity contribution in [1.29, 1.82) is 0 Å². The molecule has 0 aromatic heterocycles. The van der Waals surface area contributed by atoms with Crippen molar-refractivity contribution in [2.24, 2.45) is 23.7 Å². The molecule has 0 fully saturated rings. The van der Waals surface area contributed by atoms with Gasteiger partial charge in [-0.25, -0.2) is 9.13 Å². The van der Waals surface area contributed by atoms with Crippen LogP contribution in [-0.2, 0) is 65.4 Å². The van der Waals surface area contributed by atoms with Gasteiger partial charge in [-0.15, -0.1) is 0 Å². The van der Waals surface area contributed by atoms with Crippen LogP contribution < -0.4 is 0 Å². The molecule has 6 atom stereocenters. The Labute approximate surface area is 607 Å². The van der Waals surface area contributed by atoms with Crippen LogP contribution in [0.15, 0.2) is 0 Å². The molecule has 0 bridgehead atoms. The number of phosphoric acid groups is 2. The third kappa shape index (κ3) is 72.8. The molecule has 3 N–H and O–H groups in total. The van der Waals surface area contributed by atoms with Crippen LogP contribution in [0.1, 0.15) is 409 Å². The molecule has 0 saturated carbocycles. The van der Waals surface area contributed by atoms with Crippen LogP contribution in [0.2, 0.25) is 0 Å². The summed E-state index contributed by atoms with van der Waals surface area (Å²) < 4.78 is 68.6. The number of carbonyl (C=O) groups excluding carboxylic acids is 4. The zero-order valence-corrected chi connectivity index (χ0v) is 66.9. The first-order valence-electron chi connectivity index (χ1n) is 41.2. The third-order valence-electron chi connectivity index (χ3n) is 18.9. The molecule has 0 aliphatic heterocycles. The Balaban J connectivity index is 5.21. The number of hydrogen-bond donors (Lipinski definition) is 3. The molecule has 0 heterocycles. The summed E-state index contributed by atoms with van der Waals surface area (Å²) in [6.07, 6.45) is 55.7. The maximum Gasteiger partial charge on any atom is 0.472 e. The zero-order valence-electron chi connectivity index (χ0n) is 65.1. The summed E-state index contributed by atoms with van der Waals surface area (Å²) in [6.45, 7) is 14.2. The summed E-state index contributed by atoms with van der Waals surface area (Å²) in [7, 11) is -9.92. The van der Waals surface area contributed by atoms with Crippen molar-refractivity contribution in [2.75, 3.05) is 39.6 Å². The molecule has 0 aromatic rings. The van der Waals surface area contributed by atoms with Gasteiger partial charge < -0.3 is 33.8 Å². The van der Waals surface area contributed by atoms with E-state index in [1.807, 2.05) is 0 Å². The van der Waals surface area contributed by atoms with Crippen LogP contribution in [0.5, 0.6) is 0 Å². The second-order valence-corrected chi connectivity index (χ2v) is 33.4. The monoisotopic (exact) mass is 1450 g/mol. The van der Waals surface area contributed by atoms with Crippen LogP contribution in [0.4, 0.5) is 0 Å². The number of hydrogen-bond acceptors (Lipinski definition) is 15. The van der Waals surface area contributed by atoms with Crippen LogP contribution in [-0.4, -0.2) is 96.7 Å². The average molecular weight is 1450 g/mol. The molecule has 0 amide bonds. The third-order valence-corrected chi connectivity index (χ3v) is 20.8. The van der Waals surface area contributed by atoms with Crippen molar-refractivity contribution >= 4 is 39.5 Å². The Morgan fingerprint density at radius 3 is 0.717 bits per heavy atom. The van der Waals surface area contributed by atoms with Crippen LogP contribution in [0.25, 0.3) is 0 Å². The number of ether oxygens (including phenoxy) is 4. The fourth-order valence-corrected chi connectivity index (χ4v) is 13.8. The van der Waals surface area contributed by atoms with Gasteiger partial charge in [0.15, 0.2) is 12.2 Å². The van der Waals surface area contributed by atoms with Crippen molar-refractivity contribution in [3.05, 3.63) is 0 Å². The molecule has 3 unspecified atom stereocenters. The molecule has 0 saturated heterocycles. The van der Waals surface area contributed by atoms with Gasteiger partial charge in [0.05, 0.1) is 26.4 Å². The number of esters is 4. The quantitative estimate of drug-likeness (QED) is 0.0222. The van der Waals surface area contributed by atoms with E-state index in [9.17, 15) is 43.2 Å². The Kier molecular flexibility index (Phi) is 67.8. The fourth-order valence-electron chi connectivity index (χ4n) is 12.2. The molecule has 0 radical (unpaired) electrons. The van der Waals surface area contributed by atoms with Gasteiger partial charge in [-0.2, -0.15) is 0 Å². The summed E-state index contributed by atoms with van der Waals surface area (Å²) >= 11 is 0. The summed E-state index contributed by atoms with van der Waals surface area (Å²) in [6, 6.07) is 0. The number of unbranched alkanes of at least 4 members (excludes halogenated alkanes) is 42. The lowest BCUT2D eigenvalue weighted by atomic mass is 9.99. The minimum absolute atomic E-state index is 0.104. The molecule has 0 aliphatic rings. The highest BCUT2D eigenvalue weighted by atomic mass is 31.2. The molecule has 588 valence electrons. The number of rotatable bonds is 77. The Morgan fingerprint density at radius 1 is 0.283 bits per heavy atom. The van der Waals surface area contributed by atoms with Crippen LogP contribution >= 0.6 is 15.6 Å². The van der Waals surface area contributed by atoms with Crippen molar-refractivity contribution in [3.63, 3.8) is 0 Å². The first kappa shape index (κ1) is 97.1. The molecule has 0 spiro atoms. The van der Waals surface area contributed by atoms with Crippen LogP contribution in [0.3, 0.4) is 0 Å². The molecule has 17 nitrogen and oxygen atoms in total. The van der Waals surface area contributed by atoms with E-state index in [-0.39, 0.29) is 25.7 Å². The summed E-state index contributed by atoms with van der Waals surface area (Å²) in [5.41, 5.74) is 0. The molecule has 0 aromatic carbocycles. The molecule has 19 heteroatoms. The standard InChI is InChI=1S/C80H156O17P2/c1-9-73(8)59-51-43-34-30-31-37-47-55-63-80(85)97-76(67-91-78(83)61-53-45-39-38-42-50-58-72(6)7)69-95-99(88,89)93-65-74(81)64-92-98(86,87)94-68-75(66-90-77(82)60-52-44-35-28-24-20-17-16-19-23-27-33-41-49-57-71(4)5)96-79(84)62-54-46-36-29-25-21-15-13-11-10-12-14-18-22-26-32-40-48-56-70(2)3/h70-76,81H,9-69H2,1-8H3,(H,86,87)(H,88,89)/t73?,74-,75-,76-/m1/s1. The molecular weight excluding hydrogens is 1290 g/mol.